The van der Waals surface area contributed by atoms with Crippen LogP contribution in [-0.4, -0.2) is 151 Å². The van der Waals surface area contributed by atoms with Gasteiger partial charge in [0.2, 0.25) is 0 Å². The van der Waals surface area contributed by atoms with Gasteiger partial charge in [0.25, 0.3) is 0 Å². The molecule has 0 spiro atoms. The monoisotopic (exact) mass is 597 g/mol. The summed E-state index contributed by atoms with van der Waals surface area (Å²) in [5.74, 6) is -3.39. The van der Waals surface area contributed by atoms with Gasteiger partial charge in [0, 0.05) is 45.8 Å². The highest BCUT2D eigenvalue weighted by atomic mass is 17.2. The highest BCUT2D eigenvalue weighted by molar-refractivity contribution is 5.72. The van der Waals surface area contributed by atoms with Gasteiger partial charge >= 0.3 is 17.9 Å². The molecule has 0 atom stereocenters. The second kappa shape index (κ2) is 24.6. The number of carboxylic acid groups (broad SMARTS) is 3. The van der Waals surface area contributed by atoms with E-state index >= 15 is 0 Å². The van der Waals surface area contributed by atoms with Gasteiger partial charge < -0.3 is 20.2 Å². The van der Waals surface area contributed by atoms with Gasteiger partial charge in [-0.1, -0.05) is 12.8 Å². The Morgan fingerprint density at radius 1 is 0.683 bits per heavy atom. The number of carboxylic acids is 3. The molecule has 0 aliphatic heterocycles. The zero-order chi connectivity index (χ0) is 30.9. The van der Waals surface area contributed by atoms with E-state index in [1.807, 2.05) is 25.7 Å². The first-order chi connectivity index (χ1) is 19.4. The van der Waals surface area contributed by atoms with Crippen LogP contribution in [0.5, 0.6) is 0 Å². The first-order valence-corrected chi connectivity index (χ1v) is 13.9. The van der Waals surface area contributed by atoms with Crippen LogP contribution in [-0.2, 0) is 33.9 Å². The Hall–Kier alpha value is -1.99. The minimum Gasteiger partial charge on any atom is -0.480 e. The third-order valence-corrected chi connectivity index (χ3v) is 5.50. The molecular weight excluding hydrogens is 546 g/mol. The van der Waals surface area contributed by atoms with Crippen molar-refractivity contribution in [2.45, 2.75) is 52.1 Å². The summed E-state index contributed by atoms with van der Waals surface area (Å²) in [6.07, 6.45) is 4.10. The fourth-order valence-electron chi connectivity index (χ4n) is 3.57. The number of hydroxylamine groups is 1. The SMILES string of the molecule is CC(C)(C)OOCNCCCCCCNOCCN(CCOO)CCN(CCN(CC(=O)O)CC(=O)O)CC(=O)O. The van der Waals surface area contributed by atoms with E-state index in [4.69, 9.17) is 30.1 Å². The zero-order valence-electron chi connectivity index (χ0n) is 24.7. The maximum atomic E-state index is 11.3. The maximum Gasteiger partial charge on any atom is 0.317 e. The molecular formula is C25H51N5O11. The Kier molecular flexibility index (Phi) is 23.4. The first-order valence-electron chi connectivity index (χ1n) is 13.9. The van der Waals surface area contributed by atoms with Crippen LogP contribution in [0.25, 0.3) is 0 Å². The van der Waals surface area contributed by atoms with Crippen LogP contribution >= 0.6 is 0 Å². The lowest BCUT2D eigenvalue weighted by Crippen LogP contribution is -2.45. The van der Waals surface area contributed by atoms with Crippen LogP contribution in [0.3, 0.4) is 0 Å². The van der Waals surface area contributed by atoms with Crippen molar-refractivity contribution in [3.05, 3.63) is 0 Å². The Bertz CT molecular complexity index is 681. The average molecular weight is 598 g/mol. The minimum absolute atomic E-state index is 0.0575. The number of hydrogen-bond donors (Lipinski definition) is 6. The first kappa shape index (κ1) is 39.0. The van der Waals surface area contributed by atoms with E-state index < -0.39 is 31.0 Å². The molecule has 0 saturated carbocycles. The maximum absolute atomic E-state index is 11.3. The number of hydrogen-bond acceptors (Lipinski definition) is 13. The Morgan fingerprint density at radius 3 is 1.76 bits per heavy atom. The van der Waals surface area contributed by atoms with Crippen LogP contribution in [0.1, 0.15) is 46.5 Å². The summed E-state index contributed by atoms with van der Waals surface area (Å²) in [5, 5.41) is 39.1. The summed E-state index contributed by atoms with van der Waals surface area (Å²) in [7, 11) is 0. The summed E-state index contributed by atoms with van der Waals surface area (Å²) >= 11 is 0. The van der Waals surface area contributed by atoms with Crippen LogP contribution in [0.15, 0.2) is 0 Å². The number of nitrogens with zero attached hydrogens (tertiary/aromatic N) is 3. The number of nitrogens with one attached hydrogen (secondary N) is 2. The third-order valence-electron chi connectivity index (χ3n) is 5.50. The van der Waals surface area contributed by atoms with Crippen LogP contribution in [0, 0.1) is 0 Å². The van der Waals surface area contributed by atoms with Crippen molar-refractivity contribution < 1.29 is 54.5 Å². The quantitative estimate of drug-likeness (QED) is 0.0291. The molecule has 0 fully saturated rings. The average Bonchev–Trinajstić information content (AvgIpc) is 2.86. The fraction of sp³-hybridized carbons (Fsp3) is 0.880. The Labute approximate surface area is 242 Å². The molecule has 0 aliphatic rings. The van der Waals surface area contributed by atoms with Gasteiger partial charge in [0.15, 0.2) is 0 Å². The summed E-state index contributed by atoms with van der Waals surface area (Å²) in [5.41, 5.74) is 2.61. The standard InChI is InChI=1S/C25H51N5O11/c1-25(2,3)41-40-21-26-8-6-4-5-7-9-27-38-16-14-28(15-17-39-37)10-11-29(18-22(31)32)12-13-30(19-23(33)34)20-24(35)36/h26-27,37H,4-21H2,1-3H3,(H,31,32)(H,33,34)(H,35,36). The zero-order valence-corrected chi connectivity index (χ0v) is 24.7. The molecule has 0 rings (SSSR count). The molecule has 16 nitrogen and oxygen atoms in total. The van der Waals surface area contributed by atoms with E-state index in [1.54, 1.807) is 4.90 Å². The van der Waals surface area contributed by atoms with Crippen molar-refractivity contribution in [2.75, 3.05) is 91.9 Å². The lowest BCUT2D eigenvalue weighted by atomic mass is 10.2. The molecule has 0 bridgehead atoms. The fourth-order valence-corrected chi connectivity index (χ4v) is 3.57. The van der Waals surface area contributed by atoms with Gasteiger partial charge in [-0.3, -0.25) is 39.7 Å². The van der Waals surface area contributed by atoms with Gasteiger partial charge in [-0.15, -0.1) is 0 Å². The number of unbranched alkanes of at least 4 members (excludes halogenated alkanes) is 3. The topological polar surface area (TPSA) is 203 Å². The smallest absolute Gasteiger partial charge is 0.317 e. The molecule has 0 saturated heterocycles. The van der Waals surface area contributed by atoms with Crippen molar-refractivity contribution in [1.82, 2.24) is 25.5 Å². The van der Waals surface area contributed by atoms with Gasteiger partial charge in [-0.05, 0) is 40.2 Å². The summed E-state index contributed by atoms with van der Waals surface area (Å²) < 4.78 is 0. The molecule has 0 amide bonds. The van der Waals surface area contributed by atoms with Gasteiger partial charge in [0.05, 0.1) is 38.4 Å². The van der Waals surface area contributed by atoms with Crippen LogP contribution < -0.4 is 10.8 Å². The third kappa shape index (κ3) is 27.9. The molecule has 0 aromatic rings. The molecule has 0 aromatic heterocycles. The highest BCUT2D eigenvalue weighted by Gasteiger charge is 2.17. The van der Waals surface area contributed by atoms with Gasteiger partial charge in [-0.25, -0.2) is 20.1 Å². The largest absolute Gasteiger partial charge is 0.480 e. The van der Waals surface area contributed by atoms with Crippen molar-refractivity contribution >= 4 is 17.9 Å². The number of carbonyl (C=O) groups is 3. The lowest BCUT2D eigenvalue weighted by molar-refractivity contribution is -0.351. The van der Waals surface area contributed by atoms with Gasteiger partial charge in [-0.2, -0.15) is 0 Å². The van der Waals surface area contributed by atoms with E-state index in [9.17, 15) is 19.5 Å². The summed E-state index contributed by atoms with van der Waals surface area (Å²) in [4.78, 5) is 58.0. The second-order valence-corrected chi connectivity index (χ2v) is 10.5. The molecule has 41 heavy (non-hydrogen) atoms. The molecule has 0 unspecified atom stereocenters. The van der Waals surface area contributed by atoms with Gasteiger partial charge in [0.1, 0.15) is 6.73 Å². The molecule has 0 heterocycles. The van der Waals surface area contributed by atoms with Crippen molar-refractivity contribution in [1.29, 1.82) is 0 Å². The van der Waals surface area contributed by atoms with Crippen molar-refractivity contribution in [3.63, 3.8) is 0 Å². The molecule has 6 N–H and O–H groups in total. The number of rotatable bonds is 29. The summed E-state index contributed by atoms with van der Waals surface area (Å²) in [6, 6.07) is 0. The van der Waals surface area contributed by atoms with Crippen LogP contribution in [0.2, 0.25) is 0 Å². The molecule has 0 radical (unpaired) electrons. The lowest BCUT2D eigenvalue weighted by Gasteiger charge is -2.28. The van der Waals surface area contributed by atoms with E-state index in [1.165, 1.54) is 4.90 Å². The van der Waals surface area contributed by atoms with E-state index in [2.05, 4.69) is 15.7 Å². The predicted molar refractivity (Wildman–Crippen MR) is 148 cm³/mol. The van der Waals surface area contributed by atoms with E-state index in [0.717, 1.165) is 32.2 Å². The van der Waals surface area contributed by atoms with Crippen LogP contribution in [0.4, 0.5) is 0 Å². The molecule has 0 aromatic carbocycles. The Balaban J connectivity index is 4.24. The predicted octanol–water partition coefficient (Wildman–Crippen LogP) is 0.0112. The summed E-state index contributed by atoms with van der Waals surface area (Å²) in [6.45, 7) is 8.74. The molecule has 0 aliphatic carbocycles. The molecule has 242 valence electrons. The highest BCUT2D eigenvalue weighted by Crippen LogP contribution is 2.06. The van der Waals surface area contributed by atoms with E-state index in [0.29, 0.717) is 46.1 Å². The van der Waals surface area contributed by atoms with Crippen molar-refractivity contribution in [3.8, 4) is 0 Å². The minimum atomic E-state index is -1.17. The van der Waals surface area contributed by atoms with E-state index in [-0.39, 0.29) is 31.8 Å². The van der Waals surface area contributed by atoms with Crippen molar-refractivity contribution in [2.24, 2.45) is 0 Å². The Morgan fingerprint density at radius 2 is 1.20 bits per heavy atom. The number of aliphatic carboxylic acids is 3. The molecule has 16 heteroatoms. The normalized spacial score (nSPS) is 12.1. The second-order valence-electron chi connectivity index (χ2n) is 10.5.